The summed E-state index contributed by atoms with van der Waals surface area (Å²) >= 11 is 0. The molecule has 8 nitrogen and oxygen atoms in total. The second-order valence-electron chi connectivity index (χ2n) is 12.8. The van der Waals surface area contributed by atoms with Crippen molar-refractivity contribution in [2.45, 2.75) is 51.5 Å². The number of likely N-dealkylation sites (tertiary alicyclic amines) is 2. The van der Waals surface area contributed by atoms with Crippen LogP contribution in [0.5, 0.6) is 0 Å². The van der Waals surface area contributed by atoms with Gasteiger partial charge in [0.1, 0.15) is 5.69 Å². The Morgan fingerprint density at radius 3 is 2.07 bits per heavy atom. The third-order valence-electron chi connectivity index (χ3n) is 9.74. The van der Waals surface area contributed by atoms with E-state index >= 15 is 0 Å². The van der Waals surface area contributed by atoms with E-state index in [0.717, 1.165) is 51.1 Å². The van der Waals surface area contributed by atoms with Gasteiger partial charge in [-0.3, -0.25) is 24.3 Å². The molecule has 3 saturated heterocycles. The van der Waals surface area contributed by atoms with E-state index in [0.29, 0.717) is 55.1 Å². The molecule has 8 heteroatoms. The quantitative estimate of drug-likeness (QED) is 0.286. The third kappa shape index (κ3) is 7.49. The number of hydrogen-bond donors (Lipinski definition) is 0. The first-order valence-corrected chi connectivity index (χ1v) is 16.4. The van der Waals surface area contributed by atoms with Crippen molar-refractivity contribution in [3.05, 3.63) is 94.8 Å². The molecular formula is C37H41N5O3. The van der Waals surface area contributed by atoms with Gasteiger partial charge in [-0.15, -0.1) is 0 Å². The largest absolute Gasteiger partial charge is 0.372 e. The zero-order valence-corrected chi connectivity index (χ0v) is 25.9. The predicted molar refractivity (Wildman–Crippen MR) is 173 cm³/mol. The van der Waals surface area contributed by atoms with Crippen LogP contribution in [0.4, 0.5) is 5.69 Å². The highest BCUT2D eigenvalue weighted by atomic mass is 16.2. The molecule has 232 valence electrons. The van der Waals surface area contributed by atoms with Crippen LogP contribution in [0, 0.1) is 23.2 Å². The van der Waals surface area contributed by atoms with Crippen LogP contribution in [-0.2, 0) is 6.54 Å². The first-order chi connectivity index (χ1) is 22.0. The molecule has 0 radical (unpaired) electrons. The van der Waals surface area contributed by atoms with Crippen LogP contribution in [0.25, 0.3) is 0 Å². The number of ketones is 2. The molecule has 4 heterocycles. The maximum Gasteiger partial charge on any atom is 0.255 e. The molecule has 3 aromatic rings. The number of pyridine rings is 1. The minimum absolute atomic E-state index is 0.0207. The van der Waals surface area contributed by atoms with E-state index < -0.39 is 0 Å². The number of carbonyl (C=O) groups is 3. The van der Waals surface area contributed by atoms with E-state index in [-0.39, 0.29) is 23.4 Å². The molecule has 3 aliphatic heterocycles. The number of nitriles is 1. The monoisotopic (exact) mass is 603 g/mol. The predicted octanol–water partition coefficient (Wildman–Crippen LogP) is 5.77. The number of nitrogens with zero attached hydrogens (tertiary/aromatic N) is 5. The van der Waals surface area contributed by atoms with Crippen LogP contribution in [0.3, 0.4) is 0 Å². The second kappa shape index (κ2) is 14.2. The standard InChI is InChI=1S/C37H41N5O3/c38-24-28-3-5-29(6-4-28)26-40-19-13-27(14-20-40)23-35(43)34-12-9-32(25-39-34)37(45)42-21-15-31(16-22-42)36(44)30-7-10-33(11-8-30)41-17-1-2-18-41/h3-12,25,27,31H,1-2,13-23,26H2. The van der Waals surface area contributed by atoms with Crippen LogP contribution < -0.4 is 4.90 Å². The van der Waals surface area contributed by atoms with Gasteiger partial charge in [-0.25, -0.2) is 0 Å². The number of benzene rings is 2. The lowest BCUT2D eigenvalue weighted by atomic mass is 9.88. The Balaban J connectivity index is 0.940. The average Bonchev–Trinajstić information content (AvgIpc) is 3.64. The van der Waals surface area contributed by atoms with Gasteiger partial charge < -0.3 is 9.80 Å². The molecule has 0 unspecified atom stereocenters. The fourth-order valence-electron chi connectivity index (χ4n) is 6.92. The van der Waals surface area contributed by atoms with E-state index in [2.05, 4.69) is 33.0 Å². The van der Waals surface area contributed by atoms with Gasteiger partial charge in [-0.1, -0.05) is 12.1 Å². The molecule has 0 bridgehead atoms. The van der Waals surface area contributed by atoms with Gasteiger partial charge in [0.15, 0.2) is 11.6 Å². The number of piperidine rings is 2. The number of Topliss-reactive ketones (excluding diaryl/α,β-unsaturated/α-hetero) is 2. The van der Waals surface area contributed by atoms with Crippen molar-refractivity contribution in [2.24, 2.45) is 11.8 Å². The molecule has 3 fully saturated rings. The van der Waals surface area contributed by atoms with Crippen molar-refractivity contribution in [2.75, 3.05) is 44.2 Å². The van der Waals surface area contributed by atoms with E-state index in [4.69, 9.17) is 5.26 Å². The maximum absolute atomic E-state index is 13.2. The zero-order valence-electron chi connectivity index (χ0n) is 25.9. The van der Waals surface area contributed by atoms with Crippen molar-refractivity contribution in [1.29, 1.82) is 5.26 Å². The summed E-state index contributed by atoms with van der Waals surface area (Å²) in [4.78, 5) is 50.3. The van der Waals surface area contributed by atoms with Crippen molar-refractivity contribution in [3.8, 4) is 6.07 Å². The normalized spacial score (nSPS) is 18.1. The molecule has 45 heavy (non-hydrogen) atoms. The lowest BCUT2D eigenvalue weighted by molar-refractivity contribution is 0.0649. The van der Waals surface area contributed by atoms with Crippen LogP contribution >= 0.6 is 0 Å². The van der Waals surface area contributed by atoms with Crippen molar-refractivity contribution >= 4 is 23.2 Å². The number of anilines is 1. The highest BCUT2D eigenvalue weighted by Gasteiger charge is 2.29. The Hall–Kier alpha value is -4.35. The van der Waals surface area contributed by atoms with Gasteiger partial charge in [-0.05, 0) is 112 Å². The van der Waals surface area contributed by atoms with Gasteiger partial charge in [-0.2, -0.15) is 5.26 Å². The molecule has 6 rings (SSSR count). The van der Waals surface area contributed by atoms with Crippen LogP contribution in [0.15, 0.2) is 66.9 Å². The summed E-state index contributed by atoms with van der Waals surface area (Å²) in [5.74, 6) is 0.332. The van der Waals surface area contributed by atoms with Crippen molar-refractivity contribution < 1.29 is 14.4 Å². The summed E-state index contributed by atoms with van der Waals surface area (Å²) in [5, 5.41) is 8.99. The van der Waals surface area contributed by atoms with Crippen LogP contribution in [0.1, 0.15) is 87.3 Å². The molecular weight excluding hydrogens is 562 g/mol. The Morgan fingerprint density at radius 2 is 1.44 bits per heavy atom. The maximum atomic E-state index is 13.2. The Bertz CT molecular complexity index is 1520. The summed E-state index contributed by atoms with van der Waals surface area (Å²) in [6.07, 6.45) is 7.65. The van der Waals surface area contributed by atoms with Crippen LogP contribution in [0.2, 0.25) is 0 Å². The first-order valence-electron chi connectivity index (χ1n) is 16.4. The first kappa shape index (κ1) is 30.7. The fourth-order valence-corrected chi connectivity index (χ4v) is 6.92. The molecule has 0 saturated carbocycles. The van der Waals surface area contributed by atoms with Gasteiger partial charge >= 0.3 is 0 Å². The van der Waals surface area contributed by atoms with Crippen molar-refractivity contribution in [3.63, 3.8) is 0 Å². The van der Waals surface area contributed by atoms with E-state index in [1.54, 1.807) is 17.0 Å². The minimum atomic E-state index is -0.100. The topological polar surface area (TPSA) is 97.6 Å². The summed E-state index contributed by atoms with van der Waals surface area (Å²) < 4.78 is 0. The summed E-state index contributed by atoms with van der Waals surface area (Å²) in [5.41, 5.74) is 4.68. The van der Waals surface area contributed by atoms with Crippen molar-refractivity contribution in [1.82, 2.24) is 14.8 Å². The van der Waals surface area contributed by atoms with Gasteiger partial charge in [0, 0.05) is 62.5 Å². The number of rotatable bonds is 9. The lowest BCUT2D eigenvalue weighted by Crippen LogP contribution is -2.40. The molecule has 0 atom stereocenters. The third-order valence-corrected chi connectivity index (χ3v) is 9.74. The highest BCUT2D eigenvalue weighted by molar-refractivity contribution is 5.99. The number of aromatic nitrogens is 1. The zero-order chi connectivity index (χ0) is 31.2. The molecule has 0 aliphatic carbocycles. The van der Waals surface area contributed by atoms with Gasteiger partial charge in [0.05, 0.1) is 17.2 Å². The smallest absolute Gasteiger partial charge is 0.255 e. The number of amides is 1. The SMILES string of the molecule is N#Cc1ccc(CN2CCC(CC(=O)c3ccc(C(=O)N4CCC(C(=O)c5ccc(N6CCCC6)cc5)CC4)cn3)CC2)cc1. The molecule has 1 aromatic heterocycles. The Labute approximate surface area is 265 Å². The summed E-state index contributed by atoms with van der Waals surface area (Å²) in [6.45, 7) is 5.95. The molecule has 0 N–H and O–H groups in total. The summed E-state index contributed by atoms with van der Waals surface area (Å²) in [7, 11) is 0. The number of hydrogen-bond acceptors (Lipinski definition) is 7. The van der Waals surface area contributed by atoms with E-state index in [1.165, 1.54) is 30.3 Å². The fraction of sp³-hybridized carbons (Fsp3) is 0.432. The molecule has 3 aliphatic rings. The molecule has 2 aromatic carbocycles. The van der Waals surface area contributed by atoms with E-state index in [9.17, 15) is 14.4 Å². The summed E-state index contributed by atoms with van der Waals surface area (Å²) in [6, 6.07) is 21.3. The second-order valence-corrected chi connectivity index (χ2v) is 12.8. The highest BCUT2D eigenvalue weighted by Crippen LogP contribution is 2.27. The molecule has 1 amide bonds. The van der Waals surface area contributed by atoms with Crippen LogP contribution in [-0.4, -0.2) is 71.5 Å². The molecule has 0 spiro atoms. The average molecular weight is 604 g/mol. The van der Waals surface area contributed by atoms with Gasteiger partial charge in [0.25, 0.3) is 5.91 Å². The lowest BCUT2D eigenvalue weighted by Gasteiger charge is -2.31. The van der Waals surface area contributed by atoms with Gasteiger partial charge in [0.2, 0.25) is 0 Å². The Morgan fingerprint density at radius 1 is 0.778 bits per heavy atom. The Kier molecular flexibility index (Phi) is 9.66. The minimum Gasteiger partial charge on any atom is -0.372 e. The van der Waals surface area contributed by atoms with E-state index in [1.807, 2.05) is 36.4 Å². The number of carbonyl (C=O) groups excluding carboxylic acids is 3.